The fourth-order valence-electron chi connectivity index (χ4n) is 1.86. The number of phenols is 1. The van der Waals surface area contributed by atoms with Gasteiger partial charge in [-0.25, -0.2) is 12.8 Å². The second kappa shape index (κ2) is 6.50. The lowest BCUT2D eigenvalue weighted by atomic mass is 10.2. The van der Waals surface area contributed by atoms with E-state index in [1.54, 1.807) is 6.07 Å². The van der Waals surface area contributed by atoms with Crippen LogP contribution in [-0.4, -0.2) is 20.6 Å². The SMILES string of the molecule is COc1ccc(C=C(C#N)S(=O)(=O)c2ccc(F)cc2)cc1O. The van der Waals surface area contributed by atoms with E-state index in [1.165, 1.54) is 25.3 Å². The van der Waals surface area contributed by atoms with Crippen LogP contribution in [0.25, 0.3) is 6.08 Å². The Labute approximate surface area is 132 Å². The number of nitrogens with zero attached hydrogens (tertiary/aromatic N) is 1. The fourth-order valence-corrected chi connectivity index (χ4v) is 3.02. The van der Waals surface area contributed by atoms with Crippen molar-refractivity contribution in [3.05, 3.63) is 58.8 Å². The van der Waals surface area contributed by atoms with Crippen LogP contribution in [0, 0.1) is 17.1 Å². The van der Waals surface area contributed by atoms with Crippen LogP contribution in [0.15, 0.2) is 52.3 Å². The van der Waals surface area contributed by atoms with Crippen LogP contribution >= 0.6 is 0 Å². The Morgan fingerprint density at radius 3 is 2.43 bits per heavy atom. The Kier molecular flexibility index (Phi) is 4.67. The summed E-state index contributed by atoms with van der Waals surface area (Å²) in [6.07, 6.45) is 1.12. The minimum Gasteiger partial charge on any atom is -0.504 e. The molecule has 0 fully saturated rings. The maximum atomic E-state index is 12.9. The third-order valence-electron chi connectivity index (χ3n) is 3.02. The fraction of sp³-hybridized carbons (Fsp3) is 0.0625. The molecule has 0 heterocycles. The second-order valence-electron chi connectivity index (χ2n) is 4.51. The summed E-state index contributed by atoms with van der Waals surface area (Å²) in [6.45, 7) is 0. The van der Waals surface area contributed by atoms with Crippen LogP contribution < -0.4 is 4.74 Å². The number of phenolic OH excluding ortho intramolecular Hbond substituents is 1. The number of ether oxygens (including phenoxy) is 1. The number of hydrogen-bond donors (Lipinski definition) is 1. The van der Waals surface area contributed by atoms with Gasteiger partial charge in [-0.05, 0) is 48.0 Å². The number of methoxy groups -OCH3 is 1. The number of allylic oxidation sites excluding steroid dienone is 1. The lowest BCUT2D eigenvalue weighted by Gasteiger charge is -2.05. The number of sulfone groups is 1. The topological polar surface area (TPSA) is 87.4 Å². The number of hydrogen-bond acceptors (Lipinski definition) is 5. The summed E-state index contributed by atoms with van der Waals surface area (Å²) in [5.74, 6) is -0.536. The van der Waals surface area contributed by atoms with Gasteiger partial charge in [-0.3, -0.25) is 0 Å². The molecule has 118 valence electrons. The molecule has 2 aromatic carbocycles. The van der Waals surface area contributed by atoms with Gasteiger partial charge in [-0.1, -0.05) is 6.07 Å². The molecule has 0 saturated carbocycles. The maximum absolute atomic E-state index is 12.9. The van der Waals surface area contributed by atoms with Crippen molar-refractivity contribution >= 4 is 15.9 Å². The Bertz CT molecular complexity index is 897. The molecule has 2 aromatic rings. The third-order valence-corrected chi connectivity index (χ3v) is 4.71. The molecule has 0 aliphatic rings. The van der Waals surface area contributed by atoms with Gasteiger partial charge in [0.05, 0.1) is 12.0 Å². The van der Waals surface area contributed by atoms with Crippen molar-refractivity contribution in [2.75, 3.05) is 7.11 Å². The van der Waals surface area contributed by atoms with Gasteiger partial charge < -0.3 is 9.84 Å². The smallest absolute Gasteiger partial charge is 0.216 e. The highest BCUT2D eigenvalue weighted by atomic mass is 32.2. The van der Waals surface area contributed by atoms with Crippen LogP contribution in [0.3, 0.4) is 0 Å². The molecule has 5 nitrogen and oxygen atoms in total. The average molecular weight is 333 g/mol. The lowest BCUT2D eigenvalue weighted by Crippen LogP contribution is -2.03. The Hall–Kier alpha value is -2.85. The quantitative estimate of drug-likeness (QED) is 0.686. The van der Waals surface area contributed by atoms with E-state index >= 15 is 0 Å². The molecule has 7 heteroatoms. The zero-order valence-corrected chi connectivity index (χ0v) is 12.8. The molecule has 0 spiro atoms. The highest BCUT2D eigenvalue weighted by Gasteiger charge is 2.21. The first kappa shape index (κ1) is 16.5. The van der Waals surface area contributed by atoms with Crippen molar-refractivity contribution < 1.29 is 22.7 Å². The molecule has 0 saturated heterocycles. The van der Waals surface area contributed by atoms with Crippen molar-refractivity contribution in [3.8, 4) is 17.6 Å². The summed E-state index contributed by atoms with van der Waals surface area (Å²) < 4.78 is 42.6. The summed E-state index contributed by atoms with van der Waals surface area (Å²) in [4.78, 5) is -0.710. The number of aromatic hydroxyl groups is 1. The van der Waals surface area contributed by atoms with E-state index in [-0.39, 0.29) is 16.4 Å². The highest BCUT2D eigenvalue weighted by Crippen LogP contribution is 2.28. The van der Waals surface area contributed by atoms with Crippen LogP contribution in [-0.2, 0) is 9.84 Å². The number of rotatable bonds is 4. The van der Waals surface area contributed by atoms with E-state index in [9.17, 15) is 17.9 Å². The first-order valence-corrected chi connectivity index (χ1v) is 7.86. The Morgan fingerprint density at radius 2 is 1.91 bits per heavy atom. The average Bonchev–Trinajstić information content (AvgIpc) is 2.53. The summed E-state index contributed by atoms with van der Waals surface area (Å²) in [5.41, 5.74) is 0.311. The largest absolute Gasteiger partial charge is 0.504 e. The zero-order valence-electron chi connectivity index (χ0n) is 12.0. The molecule has 0 radical (unpaired) electrons. The minimum atomic E-state index is -4.07. The number of benzene rings is 2. The van der Waals surface area contributed by atoms with Gasteiger partial charge >= 0.3 is 0 Å². The monoisotopic (exact) mass is 333 g/mol. The van der Waals surface area contributed by atoms with E-state index in [2.05, 4.69) is 0 Å². The molecule has 0 aliphatic carbocycles. The van der Waals surface area contributed by atoms with E-state index in [0.717, 1.165) is 30.3 Å². The molecule has 0 amide bonds. The van der Waals surface area contributed by atoms with Crippen LogP contribution in [0.1, 0.15) is 5.56 Å². The van der Waals surface area contributed by atoms with Gasteiger partial charge in [-0.15, -0.1) is 0 Å². The predicted octanol–water partition coefficient (Wildman–Crippen LogP) is 2.88. The van der Waals surface area contributed by atoms with Gasteiger partial charge in [-0.2, -0.15) is 5.26 Å². The van der Waals surface area contributed by atoms with Crippen molar-refractivity contribution in [2.45, 2.75) is 4.90 Å². The molecule has 1 N–H and O–H groups in total. The predicted molar refractivity (Wildman–Crippen MR) is 81.8 cm³/mol. The minimum absolute atomic E-state index is 0.183. The van der Waals surface area contributed by atoms with Crippen LogP contribution in [0.2, 0.25) is 0 Å². The normalized spacial score (nSPS) is 11.8. The summed E-state index contributed by atoms with van der Waals surface area (Å²) in [7, 11) is -2.69. The number of halogens is 1. The maximum Gasteiger partial charge on any atom is 0.216 e. The molecular weight excluding hydrogens is 321 g/mol. The van der Waals surface area contributed by atoms with Gasteiger partial charge in [0, 0.05) is 0 Å². The van der Waals surface area contributed by atoms with E-state index in [0.29, 0.717) is 5.56 Å². The Balaban J connectivity index is 2.48. The first-order chi connectivity index (χ1) is 10.9. The summed E-state index contributed by atoms with van der Waals surface area (Å²) in [6, 6.07) is 10.0. The molecular formula is C16H12FNO4S. The Morgan fingerprint density at radius 1 is 1.26 bits per heavy atom. The molecule has 0 aliphatic heterocycles. The van der Waals surface area contributed by atoms with Gasteiger partial charge in [0.25, 0.3) is 0 Å². The molecule has 23 heavy (non-hydrogen) atoms. The second-order valence-corrected chi connectivity index (χ2v) is 6.43. The number of nitriles is 1. The summed E-state index contributed by atoms with van der Waals surface area (Å²) >= 11 is 0. The standard InChI is InChI=1S/C16H12FNO4S/c1-22-16-7-2-11(9-15(16)19)8-14(10-18)23(20,21)13-5-3-12(17)4-6-13/h2-9,19H,1H3. The highest BCUT2D eigenvalue weighted by molar-refractivity contribution is 7.95. The van der Waals surface area contributed by atoms with Gasteiger partial charge in [0.2, 0.25) is 9.84 Å². The van der Waals surface area contributed by atoms with E-state index in [1.807, 2.05) is 0 Å². The molecule has 0 atom stereocenters. The van der Waals surface area contributed by atoms with Crippen molar-refractivity contribution in [1.82, 2.24) is 0 Å². The van der Waals surface area contributed by atoms with Crippen molar-refractivity contribution in [3.63, 3.8) is 0 Å². The molecule has 0 bridgehead atoms. The van der Waals surface area contributed by atoms with Crippen LogP contribution in [0.4, 0.5) is 4.39 Å². The molecule has 2 rings (SSSR count). The third kappa shape index (κ3) is 3.49. The molecule has 0 aromatic heterocycles. The zero-order chi connectivity index (χ0) is 17.0. The van der Waals surface area contributed by atoms with Crippen molar-refractivity contribution in [1.29, 1.82) is 5.26 Å². The van der Waals surface area contributed by atoms with E-state index in [4.69, 9.17) is 10.00 Å². The van der Waals surface area contributed by atoms with Gasteiger partial charge in [0.15, 0.2) is 11.5 Å². The lowest BCUT2D eigenvalue weighted by molar-refractivity contribution is 0.373. The van der Waals surface area contributed by atoms with Gasteiger partial charge in [0.1, 0.15) is 16.8 Å². The van der Waals surface area contributed by atoms with Crippen LogP contribution in [0.5, 0.6) is 11.5 Å². The first-order valence-electron chi connectivity index (χ1n) is 6.38. The molecule has 0 unspecified atom stereocenters. The van der Waals surface area contributed by atoms with E-state index < -0.39 is 20.6 Å². The van der Waals surface area contributed by atoms with Crippen molar-refractivity contribution in [2.24, 2.45) is 0 Å². The summed E-state index contributed by atoms with van der Waals surface area (Å²) in [5, 5.41) is 18.8.